The van der Waals surface area contributed by atoms with E-state index >= 15 is 0 Å². The van der Waals surface area contributed by atoms with Crippen LogP contribution in [0.1, 0.15) is 10.5 Å². The summed E-state index contributed by atoms with van der Waals surface area (Å²) in [4.78, 5) is 16.9. The molecule has 4 nitrogen and oxygen atoms in total. The molecule has 5 heteroatoms. The average Bonchev–Trinajstić information content (AvgIpc) is 2.81. The van der Waals surface area contributed by atoms with Crippen molar-refractivity contribution in [2.75, 3.05) is 12.4 Å². The average molecular weight is 459 g/mol. The van der Waals surface area contributed by atoms with Gasteiger partial charge in [-0.25, -0.2) is 0 Å². The summed E-state index contributed by atoms with van der Waals surface area (Å²) in [5.74, 6) is 0.546. The van der Waals surface area contributed by atoms with Gasteiger partial charge in [-0.2, -0.15) is 0 Å². The summed E-state index contributed by atoms with van der Waals surface area (Å²) in [5.41, 5.74) is 3.13. The van der Waals surface area contributed by atoms with Crippen molar-refractivity contribution in [3.8, 4) is 16.9 Å². The summed E-state index contributed by atoms with van der Waals surface area (Å²) < 4.78 is 7.98. The van der Waals surface area contributed by atoms with Crippen LogP contribution < -0.4 is 19.0 Å². The Labute approximate surface area is 182 Å². The molecule has 0 fully saturated rings. The second-order valence-corrected chi connectivity index (χ2v) is 8.83. The van der Waals surface area contributed by atoms with Gasteiger partial charge < -0.3 is 0 Å². The van der Waals surface area contributed by atoms with Crippen LogP contribution in [0.15, 0.2) is 97.2 Å². The zero-order valence-corrected chi connectivity index (χ0v) is 18.1. The first-order valence-electron chi connectivity index (χ1n) is 9.47. The zero-order chi connectivity index (χ0) is 20.8. The van der Waals surface area contributed by atoms with Gasteiger partial charge in [-0.3, -0.25) is 0 Å². The molecule has 1 N–H and O–H groups in total. The molecule has 0 atom stereocenters. The minimum atomic E-state index is -0.235. The monoisotopic (exact) mass is 460 g/mol. The molecule has 0 unspecified atom stereocenters. The van der Waals surface area contributed by atoms with Gasteiger partial charge in [0, 0.05) is 0 Å². The van der Waals surface area contributed by atoms with Crippen LogP contribution in [-0.4, -0.2) is 33.0 Å². The number of benzene rings is 3. The fraction of sp³-hybridized carbons (Fsp3) is 0.0400. The number of carbonyl (C=O) groups is 1. The molecule has 3 aromatic carbocycles. The van der Waals surface area contributed by atoms with Crippen molar-refractivity contribution in [2.45, 2.75) is 0 Å². The first kappa shape index (κ1) is 19.9. The molecule has 0 radical (unpaired) electrons. The number of methoxy groups -OCH3 is 1. The molecule has 4 aromatic rings. The molecule has 0 bridgehead atoms. The number of nitrogens with zero attached hydrogens (tertiary/aromatic N) is 1. The van der Waals surface area contributed by atoms with Crippen LogP contribution in [0, 0.1) is 0 Å². The summed E-state index contributed by atoms with van der Waals surface area (Å²) in [6, 6.07) is 29.7. The summed E-state index contributed by atoms with van der Waals surface area (Å²) >= 11 is 0.112. The Balaban J connectivity index is 1.74. The van der Waals surface area contributed by atoms with Crippen molar-refractivity contribution in [1.29, 1.82) is 0 Å². The van der Waals surface area contributed by atoms with Crippen LogP contribution in [-0.2, 0) is 0 Å². The maximum atomic E-state index is 12.7. The van der Waals surface area contributed by atoms with Crippen LogP contribution in [0.3, 0.4) is 0 Å². The third kappa shape index (κ3) is 4.60. The number of aromatic nitrogens is 1. The number of para-hydroxylation sites is 1. The topological polar surface area (TPSA) is 51.2 Å². The van der Waals surface area contributed by atoms with Gasteiger partial charge in [0.25, 0.3) is 0 Å². The molecule has 0 saturated carbocycles. The molecule has 1 heterocycles. The zero-order valence-electron chi connectivity index (χ0n) is 16.4. The molecule has 30 heavy (non-hydrogen) atoms. The quantitative estimate of drug-likeness (QED) is 0.448. The minimum absolute atomic E-state index is 0.112. The Bertz CT molecular complexity index is 1150. The van der Waals surface area contributed by atoms with E-state index < -0.39 is 0 Å². The molecule has 0 aliphatic rings. The van der Waals surface area contributed by atoms with E-state index in [2.05, 4.69) is 40.6 Å². The van der Waals surface area contributed by atoms with Gasteiger partial charge in [-0.05, 0) is 0 Å². The Morgan fingerprint density at radius 3 is 2.40 bits per heavy atom. The van der Waals surface area contributed by atoms with Gasteiger partial charge >= 0.3 is 182 Å². The van der Waals surface area contributed by atoms with Gasteiger partial charge in [-0.1, -0.05) is 0 Å². The number of hydrogen-bond acceptors (Lipinski definition) is 3. The predicted octanol–water partition coefficient (Wildman–Crippen LogP) is 3.66. The Morgan fingerprint density at radius 2 is 1.63 bits per heavy atom. The second kappa shape index (κ2) is 9.40. The van der Waals surface area contributed by atoms with Gasteiger partial charge in [0.1, 0.15) is 0 Å². The van der Waals surface area contributed by atoms with E-state index in [1.165, 1.54) is 8.92 Å². The molecular weight excluding hydrogens is 439 g/mol. The van der Waals surface area contributed by atoms with E-state index in [0.717, 1.165) is 22.6 Å². The number of anilines is 1. The second-order valence-electron chi connectivity index (χ2n) is 6.49. The molecule has 148 valence electrons. The van der Waals surface area contributed by atoms with Crippen LogP contribution in [0.25, 0.3) is 11.1 Å². The summed E-state index contributed by atoms with van der Waals surface area (Å²) in [6.07, 6.45) is 1.61. The van der Waals surface area contributed by atoms with E-state index in [4.69, 9.17) is 4.74 Å². The molecular formula is C25H20N2O2Se. The van der Waals surface area contributed by atoms with E-state index in [1.54, 1.807) is 31.5 Å². The van der Waals surface area contributed by atoms with Crippen LogP contribution >= 0.6 is 0 Å². The van der Waals surface area contributed by atoms with Crippen molar-refractivity contribution >= 4 is 35.5 Å². The molecule has 4 rings (SSSR count). The third-order valence-electron chi connectivity index (χ3n) is 4.52. The van der Waals surface area contributed by atoms with Gasteiger partial charge in [-0.15, -0.1) is 0 Å². The Morgan fingerprint density at radius 1 is 0.867 bits per heavy atom. The third-order valence-corrected chi connectivity index (χ3v) is 6.79. The van der Waals surface area contributed by atoms with E-state index in [0.29, 0.717) is 5.69 Å². The van der Waals surface area contributed by atoms with E-state index in [1.807, 2.05) is 42.5 Å². The van der Waals surface area contributed by atoms with Crippen molar-refractivity contribution in [1.82, 2.24) is 4.98 Å². The van der Waals surface area contributed by atoms with Crippen molar-refractivity contribution in [2.24, 2.45) is 0 Å². The Kier molecular flexibility index (Phi) is 6.23. The number of ether oxygens (including phenoxy) is 1. The molecule has 0 saturated heterocycles. The van der Waals surface area contributed by atoms with Gasteiger partial charge in [0.15, 0.2) is 0 Å². The molecule has 0 aliphatic heterocycles. The fourth-order valence-electron chi connectivity index (χ4n) is 3.06. The number of nitrogens with one attached hydrogen (secondary N) is 1. The SMILES string of the molecule is COc1ccc([Se]c2ccccc2)c(-c2ccccc2NC(=O)c2ccccn2)c1. The van der Waals surface area contributed by atoms with Gasteiger partial charge in [0.05, 0.1) is 0 Å². The number of hydrogen-bond donors (Lipinski definition) is 1. The fourth-order valence-corrected chi connectivity index (χ4v) is 5.08. The van der Waals surface area contributed by atoms with Crippen LogP contribution in [0.4, 0.5) is 5.69 Å². The normalized spacial score (nSPS) is 10.4. The predicted molar refractivity (Wildman–Crippen MR) is 122 cm³/mol. The Hall–Kier alpha value is -3.40. The number of pyridine rings is 1. The molecule has 1 aromatic heterocycles. The summed E-state index contributed by atoms with van der Waals surface area (Å²) in [6.45, 7) is 0. The van der Waals surface area contributed by atoms with Crippen molar-refractivity contribution < 1.29 is 9.53 Å². The van der Waals surface area contributed by atoms with Gasteiger partial charge in [0.2, 0.25) is 0 Å². The van der Waals surface area contributed by atoms with E-state index in [-0.39, 0.29) is 20.9 Å². The standard InChI is InChI=1S/C25H20N2O2Se/c1-29-18-14-15-24(30-19-9-3-2-4-10-19)21(17-18)20-11-5-6-12-22(20)27-25(28)23-13-7-8-16-26-23/h2-17H,1H3,(H,27,28). The number of carbonyl (C=O) groups excluding carboxylic acids is 1. The maximum absolute atomic E-state index is 12.7. The van der Waals surface area contributed by atoms with E-state index in [9.17, 15) is 4.79 Å². The van der Waals surface area contributed by atoms with Crippen molar-refractivity contribution in [3.05, 3.63) is 103 Å². The first-order valence-corrected chi connectivity index (χ1v) is 11.2. The summed E-state index contributed by atoms with van der Waals surface area (Å²) in [7, 11) is 1.66. The van der Waals surface area contributed by atoms with Crippen LogP contribution in [0.5, 0.6) is 5.75 Å². The summed E-state index contributed by atoms with van der Waals surface area (Å²) in [5, 5.41) is 3.02. The molecule has 1 amide bonds. The number of amides is 1. The molecule has 0 spiro atoms. The van der Waals surface area contributed by atoms with Crippen molar-refractivity contribution in [3.63, 3.8) is 0 Å². The molecule has 0 aliphatic carbocycles. The number of rotatable bonds is 6. The first-order chi connectivity index (χ1) is 14.7. The van der Waals surface area contributed by atoms with Crippen LogP contribution in [0.2, 0.25) is 0 Å².